The maximum atomic E-state index is 7.25. The Kier molecular flexibility index (Phi) is 24.9. The molecule has 3 aliphatic rings. The van der Waals surface area contributed by atoms with Gasteiger partial charge in [0.05, 0.1) is 38.1 Å². The molecule has 3 fully saturated rings. The number of piperidine rings is 3. The highest BCUT2D eigenvalue weighted by atomic mass is 16.7. The van der Waals surface area contributed by atoms with E-state index in [0.717, 1.165) is 123 Å². The van der Waals surface area contributed by atoms with Crippen molar-refractivity contribution in [2.24, 2.45) is 35.5 Å². The maximum Gasteiger partial charge on any atom is 0.158 e. The Labute approximate surface area is 365 Å². The normalized spacial score (nSPS) is 29.9. The molecule has 0 aliphatic carbocycles. The van der Waals surface area contributed by atoms with E-state index >= 15 is 0 Å². The van der Waals surface area contributed by atoms with Crippen LogP contribution >= 0.6 is 0 Å². The van der Waals surface area contributed by atoms with Crippen molar-refractivity contribution in [3.8, 4) is 0 Å². The predicted octanol–water partition coefficient (Wildman–Crippen LogP) is 12.3. The highest BCUT2D eigenvalue weighted by Gasteiger charge is 2.44. The molecule has 6 unspecified atom stereocenters. The van der Waals surface area contributed by atoms with Crippen molar-refractivity contribution in [3.05, 3.63) is 0 Å². The lowest BCUT2D eigenvalue weighted by molar-refractivity contribution is -0.290. The molecule has 9 heteroatoms. The van der Waals surface area contributed by atoms with E-state index in [-0.39, 0.29) is 24.6 Å². The lowest BCUT2D eigenvalue weighted by Crippen LogP contribution is -2.56. The SMILES string of the molecule is CCCCON1C(C(C)C)CC(OCCCCC(OC2CC(C(C)C)N(OCCCC)C(C(C)C)C2)OC2CC(C(C)C)N(OCCCC)C(C(C)C)C2)CC1C(C)C. The van der Waals surface area contributed by atoms with Crippen molar-refractivity contribution in [1.29, 1.82) is 0 Å². The molecule has 0 spiro atoms. The molecule has 9 nitrogen and oxygen atoms in total. The van der Waals surface area contributed by atoms with Gasteiger partial charge in [-0.05, 0) is 113 Å². The van der Waals surface area contributed by atoms with Gasteiger partial charge in [0, 0.05) is 42.9 Å². The summed E-state index contributed by atoms with van der Waals surface area (Å²) in [7, 11) is 0. The van der Waals surface area contributed by atoms with E-state index in [1.807, 2.05) is 0 Å². The van der Waals surface area contributed by atoms with E-state index in [1.165, 1.54) is 0 Å². The van der Waals surface area contributed by atoms with E-state index in [2.05, 4.69) is 119 Å². The van der Waals surface area contributed by atoms with Crippen molar-refractivity contribution >= 4 is 0 Å². The summed E-state index contributed by atoms with van der Waals surface area (Å²) in [4.78, 5) is 19.6. The fourth-order valence-electron chi connectivity index (χ4n) is 9.80. The van der Waals surface area contributed by atoms with Gasteiger partial charge in [0.15, 0.2) is 6.29 Å². The van der Waals surface area contributed by atoms with Gasteiger partial charge in [-0.25, -0.2) is 0 Å². The van der Waals surface area contributed by atoms with Crippen LogP contribution in [-0.4, -0.2) is 102 Å². The van der Waals surface area contributed by atoms with E-state index < -0.39 is 0 Å². The van der Waals surface area contributed by atoms with Crippen LogP contribution in [0.1, 0.15) is 200 Å². The molecular weight excluding hydrogens is 739 g/mol. The second-order valence-electron chi connectivity index (χ2n) is 20.9. The molecule has 0 radical (unpaired) electrons. The molecule has 0 bridgehead atoms. The lowest BCUT2D eigenvalue weighted by Gasteiger charge is -2.49. The monoisotopic (exact) mass is 838 g/mol. The number of rotatable bonds is 28. The Morgan fingerprint density at radius 1 is 0.373 bits per heavy atom. The number of hydrogen-bond donors (Lipinski definition) is 0. The minimum atomic E-state index is -0.245. The second-order valence-corrected chi connectivity index (χ2v) is 20.9. The van der Waals surface area contributed by atoms with Gasteiger partial charge >= 0.3 is 0 Å². The molecule has 0 aromatic heterocycles. The van der Waals surface area contributed by atoms with Crippen LogP contribution in [0.5, 0.6) is 0 Å². The topological polar surface area (TPSA) is 65.1 Å². The average molecular weight is 838 g/mol. The Morgan fingerprint density at radius 2 is 0.661 bits per heavy atom. The van der Waals surface area contributed by atoms with Gasteiger partial charge in [-0.15, -0.1) is 0 Å². The molecular formula is C50H99N3O6. The summed E-state index contributed by atoms with van der Waals surface area (Å²) in [6.07, 6.45) is 15.9. The molecule has 0 saturated carbocycles. The van der Waals surface area contributed by atoms with Crippen molar-refractivity contribution < 1.29 is 28.7 Å². The van der Waals surface area contributed by atoms with Crippen molar-refractivity contribution in [1.82, 2.24) is 15.2 Å². The predicted molar refractivity (Wildman–Crippen MR) is 245 cm³/mol. The van der Waals surface area contributed by atoms with Gasteiger partial charge in [-0.1, -0.05) is 123 Å². The molecule has 3 saturated heterocycles. The highest BCUT2D eigenvalue weighted by molar-refractivity contribution is 4.92. The van der Waals surface area contributed by atoms with Crippen LogP contribution in [0.3, 0.4) is 0 Å². The Balaban J connectivity index is 1.76. The summed E-state index contributed by atoms with van der Waals surface area (Å²) < 4.78 is 21.3. The first-order chi connectivity index (χ1) is 28.1. The van der Waals surface area contributed by atoms with E-state index in [9.17, 15) is 0 Å². The second kappa shape index (κ2) is 27.7. The fourth-order valence-corrected chi connectivity index (χ4v) is 9.80. The van der Waals surface area contributed by atoms with Crippen LogP contribution in [0.4, 0.5) is 0 Å². The number of nitrogens with zero attached hydrogens (tertiary/aromatic N) is 3. The summed E-state index contributed by atoms with van der Waals surface area (Å²) in [5.41, 5.74) is 0. The third-order valence-electron chi connectivity index (χ3n) is 13.7. The average Bonchev–Trinajstić information content (AvgIpc) is 3.18. The molecule has 350 valence electrons. The summed E-state index contributed by atoms with van der Waals surface area (Å²) in [5.74, 6) is 2.90. The van der Waals surface area contributed by atoms with Gasteiger partial charge in [0.25, 0.3) is 0 Å². The third kappa shape index (κ3) is 16.9. The van der Waals surface area contributed by atoms with Gasteiger partial charge in [-0.2, -0.15) is 15.2 Å². The third-order valence-corrected chi connectivity index (χ3v) is 13.7. The summed E-state index contributed by atoms with van der Waals surface area (Å²) in [6.45, 7) is 38.0. The molecule has 0 N–H and O–H groups in total. The smallest absolute Gasteiger partial charge is 0.158 e. The molecule has 0 aromatic carbocycles. The standard InChI is InChI=1S/C50H99N3O6/c1-16-19-26-55-51-44(35(4)5)29-41(30-45(51)36(6)7)54-25-23-22-24-50(58-42-31-46(37(8)9)52(56-27-20-17-2)47(32-42)38(10)11)59-43-33-48(39(12)13)53(57-28-21-18-3)49(34-43)40(14)15/h35-50H,16-34H2,1-15H3. The number of hydrogen-bond acceptors (Lipinski definition) is 9. The van der Waals surface area contributed by atoms with Crippen molar-refractivity contribution in [2.45, 2.75) is 261 Å². The number of unbranched alkanes of at least 4 members (excludes halogenated alkanes) is 4. The molecule has 0 aromatic rings. The first-order valence-electron chi connectivity index (χ1n) is 25.3. The zero-order valence-electron chi connectivity index (χ0n) is 41.5. The molecule has 3 heterocycles. The molecule has 3 rings (SSSR count). The van der Waals surface area contributed by atoms with E-state index in [0.29, 0.717) is 71.8 Å². The minimum absolute atomic E-state index is 0.131. The summed E-state index contributed by atoms with van der Waals surface area (Å²) >= 11 is 0. The summed E-state index contributed by atoms with van der Waals surface area (Å²) in [6, 6.07) is 2.03. The Bertz CT molecular complexity index is 969. The van der Waals surface area contributed by atoms with Crippen LogP contribution < -0.4 is 0 Å². The largest absolute Gasteiger partial charge is 0.378 e. The first-order valence-corrected chi connectivity index (χ1v) is 25.3. The van der Waals surface area contributed by atoms with Crippen LogP contribution in [-0.2, 0) is 28.7 Å². The molecule has 6 atom stereocenters. The Hall–Kier alpha value is -0.360. The van der Waals surface area contributed by atoms with Crippen molar-refractivity contribution in [3.63, 3.8) is 0 Å². The maximum absolute atomic E-state index is 7.25. The van der Waals surface area contributed by atoms with Gasteiger partial charge in [0.1, 0.15) is 0 Å². The molecule has 0 amide bonds. The fraction of sp³-hybridized carbons (Fsp3) is 1.00. The van der Waals surface area contributed by atoms with Crippen LogP contribution in [0.25, 0.3) is 0 Å². The molecule has 3 aliphatic heterocycles. The highest BCUT2D eigenvalue weighted by Crippen LogP contribution is 2.38. The van der Waals surface area contributed by atoms with E-state index in [4.69, 9.17) is 28.7 Å². The minimum Gasteiger partial charge on any atom is -0.378 e. The molecule has 59 heavy (non-hydrogen) atoms. The number of ether oxygens (including phenoxy) is 3. The quantitative estimate of drug-likeness (QED) is 0.0566. The van der Waals surface area contributed by atoms with Crippen molar-refractivity contribution in [2.75, 3.05) is 26.4 Å². The zero-order valence-corrected chi connectivity index (χ0v) is 41.5. The van der Waals surface area contributed by atoms with E-state index in [1.54, 1.807) is 0 Å². The zero-order chi connectivity index (χ0) is 43.6. The van der Waals surface area contributed by atoms with Crippen LogP contribution in [0.15, 0.2) is 0 Å². The van der Waals surface area contributed by atoms with Crippen LogP contribution in [0.2, 0.25) is 0 Å². The van der Waals surface area contributed by atoms with Gasteiger partial charge < -0.3 is 14.2 Å². The van der Waals surface area contributed by atoms with Gasteiger partial charge in [0.2, 0.25) is 0 Å². The van der Waals surface area contributed by atoms with Crippen LogP contribution in [0, 0.1) is 35.5 Å². The first kappa shape index (κ1) is 53.0. The lowest BCUT2D eigenvalue weighted by atomic mass is 9.84. The Morgan fingerprint density at radius 3 is 0.932 bits per heavy atom. The van der Waals surface area contributed by atoms with Gasteiger partial charge in [-0.3, -0.25) is 14.5 Å². The number of hydroxylamine groups is 6. The summed E-state index contributed by atoms with van der Waals surface area (Å²) in [5, 5.41) is 7.12.